The summed E-state index contributed by atoms with van der Waals surface area (Å²) in [5.74, 6) is -1.67. The molecular formula is C21H15F3N2O2. The van der Waals surface area contributed by atoms with E-state index < -0.39 is 23.4 Å². The Labute approximate surface area is 158 Å². The van der Waals surface area contributed by atoms with Gasteiger partial charge in [0.2, 0.25) is 0 Å². The highest BCUT2D eigenvalue weighted by Crippen LogP contribution is 2.32. The summed E-state index contributed by atoms with van der Waals surface area (Å²) in [6.45, 7) is 0. The lowest BCUT2D eigenvalue weighted by Crippen LogP contribution is -2.15. The van der Waals surface area contributed by atoms with Crippen LogP contribution in [0.25, 0.3) is 11.0 Å². The predicted molar refractivity (Wildman–Crippen MR) is 94.5 cm³/mol. The van der Waals surface area contributed by atoms with Crippen molar-refractivity contribution in [3.63, 3.8) is 0 Å². The van der Waals surface area contributed by atoms with Gasteiger partial charge in [0.15, 0.2) is 5.78 Å². The van der Waals surface area contributed by atoms with Gasteiger partial charge in [-0.25, -0.2) is 0 Å². The molecule has 0 aliphatic heterocycles. The van der Waals surface area contributed by atoms with Crippen molar-refractivity contribution >= 4 is 16.8 Å². The van der Waals surface area contributed by atoms with Gasteiger partial charge in [0, 0.05) is 23.6 Å². The van der Waals surface area contributed by atoms with Crippen LogP contribution in [0.1, 0.15) is 40.3 Å². The molecule has 28 heavy (non-hydrogen) atoms. The Morgan fingerprint density at radius 3 is 2.64 bits per heavy atom. The normalized spacial score (nSPS) is 14.6. The standard InChI is InChI=1S/C21H15F3N2O2/c22-21(23,24)15-4-5-18(26-10-15)17(9-25)19(27)7-14-11-28-20-8-13-3-1-2-12(13)6-16(14)20/h4-6,8,10-11,17H,1-3,7H2/t17-/m1/s1. The summed E-state index contributed by atoms with van der Waals surface area (Å²) >= 11 is 0. The van der Waals surface area contributed by atoms with E-state index in [4.69, 9.17) is 4.42 Å². The molecule has 0 fully saturated rings. The molecule has 7 heteroatoms. The van der Waals surface area contributed by atoms with E-state index >= 15 is 0 Å². The smallest absolute Gasteiger partial charge is 0.417 e. The number of benzene rings is 1. The van der Waals surface area contributed by atoms with E-state index in [1.807, 2.05) is 18.2 Å². The largest absolute Gasteiger partial charge is 0.464 e. The summed E-state index contributed by atoms with van der Waals surface area (Å²) in [6.07, 6.45) is 0.666. The third kappa shape index (κ3) is 3.26. The van der Waals surface area contributed by atoms with Gasteiger partial charge in [0.25, 0.3) is 0 Å². The monoisotopic (exact) mass is 384 g/mol. The minimum Gasteiger partial charge on any atom is -0.464 e. The number of hydrogen-bond acceptors (Lipinski definition) is 4. The Morgan fingerprint density at radius 2 is 2.00 bits per heavy atom. The van der Waals surface area contributed by atoms with Crippen LogP contribution in [0.3, 0.4) is 0 Å². The van der Waals surface area contributed by atoms with Crippen molar-refractivity contribution in [2.24, 2.45) is 0 Å². The molecule has 0 N–H and O–H groups in total. The average Bonchev–Trinajstić information content (AvgIpc) is 3.27. The molecule has 0 unspecified atom stereocenters. The van der Waals surface area contributed by atoms with Crippen molar-refractivity contribution in [1.29, 1.82) is 5.26 Å². The van der Waals surface area contributed by atoms with E-state index in [0.29, 0.717) is 17.3 Å². The van der Waals surface area contributed by atoms with Crippen LogP contribution in [0.4, 0.5) is 13.2 Å². The number of aromatic nitrogens is 1. The number of hydrogen-bond donors (Lipinski definition) is 0. The molecule has 1 aliphatic carbocycles. The van der Waals surface area contributed by atoms with Gasteiger partial charge in [-0.3, -0.25) is 9.78 Å². The Morgan fingerprint density at radius 1 is 1.25 bits per heavy atom. The fraction of sp³-hybridized carbons (Fsp3) is 0.286. The van der Waals surface area contributed by atoms with Crippen LogP contribution in [0.5, 0.6) is 0 Å². The van der Waals surface area contributed by atoms with Crippen LogP contribution < -0.4 is 0 Å². The van der Waals surface area contributed by atoms with E-state index in [-0.39, 0.29) is 12.1 Å². The summed E-state index contributed by atoms with van der Waals surface area (Å²) in [4.78, 5) is 16.4. The highest BCUT2D eigenvalue weighted by Gasteiger charge is 2.31. The zero-order valence-electron chi connectivity index (χ0n) is 14.7. The summed E-state index contributed by atoms with van der Waals surface area (Å²) in [5, 5.41) is 10.2. The molecule has 0 radical (unpaired) electrons. The number of alkyl halides is 3. The summed E-state index contributed by atoms with van der Waals surface area (Å²) in [6, 6.07) is 7.78. The van der Waals surface area contributed by atoms with Crippen LogP contribution in [0, 0.1) is 11.3 Å². The van der Waals surface area contributed by atoms with Crippen LogP contribution in [-0.2, 0) is 30.2 Å². The molecule has 0 spiro atoms. The van der Waals surface area contributed by atoms with E-state index in [9.17, 15) is 23.2 Å². The Balaban J connectivity index is 1.58. The third-order valence-corrected chi connectivity index (χ3v) is 5.09. The molecule has 142 valence electrons. The number of furan rings is 1. The lowest BCUT2D eigenvalue weighted by molar-refractivity contribution is -0.137. The second kappa shape index (κ2) is 6.79. The summed E-state index contributed by atoms with van der Waals surface area (Å²) < 4.78 is 43.6. The molecule has 1 aliphatic rings. The van der Waals surface area contributed by atoms with Crippen LogP contribution in [0.2, 0.25) is 0 Å². The van der Waals surface area contributed by atoms with E-state index in [1.54, 1.807) is 0 Å². The highest BCUT2D eigenvalue weighted by molar-refractivity contribution is 5.94. The van der Waals surface area contributed by atoms with Crippen molar-refractivity contribution in [1.82, 2.24) is 4.98 Å². The number of pyridine rings is 1. The van der Waals surface area contributed by atoms with E-state index in [1.165, 1.54) is 17.4 Å². The number of ketones is 1. The maximum atomic E-state index is 12.7. The van der Waals surface area contributed by atoms with Crippen LogP contribution in [-0.4, -0.2) is 10.8 Å². The van der Waals surface area contributed by atoms with Crippen molar-refractivity contribution in [3.8, 4) is 6.07 Å². The number of carbonyl (C=O) groups is 1. The topological polar surface area (TPSA) is 66.9 Å². The van der Waals surface area contributed by atoms with Gasteiger partial charge in [-0.1, -0.05) is 0 Å². The van der Waals surface area contributed by atoms with Gasteiger partial charge in [0.1, 0.15) is 11.5 Å². The van der Waals surface area contributed by atoms with Crippen LogP contribution in [0.15, 0.2) is 41.1 Å². The van der Waals surface area contributed by atoms with Crippen molar-refractivity contribution in [2.75, 3.05) is 0 Å². The number of Topliss-reactive ketones (excluding diaryl/α,β-unsaturated/α-hetero) is 1. The molecule has 2 aromatic heterocycles. The lowest BCUT2D eigenvalue weighted by Gasteiger charge is -2.10. The molecule has 2 heterocycles. The first kappa shape index (κ1) is 18.2. The quantitative estimate of drug-likeness (QED) is 0.651. The first-order valence-electron chi connectivity index (χ1n) is 8.84. The number of aryl methyl sites for hydroxylation is 2. The molecule has 1 atom stereocenters. The first-order chi connectivity index (χ1) is 13.4. The molecule has 4 nitrogen and oxygen atoms in total. The molecular weight excluding hydrogens is 369 g/mol. The van der Waals surface area contributed by atoms with Crippen molar-refractivity contribution in [3.05, 3.63) is 64.7 Å². The summed E-state index contributed by atoms with van der Waals surface area (Å²) in [7, 11) is 0. The third-order valence-electron chi connectivity index (χ3n) is 5.09. The number of nitriles is 1. The molecule has 0 saturated carbocycles. The number of rotatable bonds is 4. The lowest BCUT2D eigenvalue weighted by atomic mass is 9.94. The molecule has 4 rings (SSSR count). The van der Waals surface area contributed by atoms with E-state index in [2.05, 4.69) is 4.98 Å². The van der Waals surface area contributed by atoms with E-state index in [0.717, 1.165) is 36.8 Å². The molecule has 0 amide bonds. The zero-order chi connectivity index (χ0) is 19.9. The maximum absolute atomic E-state index is 12.7. The Bertz CT molecular complexity index is 1090. The fourth-order valence-corrected chi connectivity index (χ4v) is 3.62. The van der Waals surface area contributed by atoms with Crippen molar-refractivity contribution < 1.29 is 22.4 Å². The Kier molecular flexibility index (Phi) is 4.42. The van der Waals surface area contributed by atoms with Gasteiger partial charge >= 0.3 is 6.18 Å². The van der Waals surface area contributed by atoms with Gasteiger partial charge in [-0.2, -0.15) is 18.4 Å². The van der Waals surface area contributed by atoms with Crippen LogP contribution >= 0.6 is 0 Å². The highest BCUT2D eigenvalue weighted by atomic mass is 19.4. The van der Waals surface area contributed by atoms with Gasteiger partial charge in [-0.15, -0.1) is 0 Å². The Hall–Kier alpha value is -3.14. The number of fused-ring (bicyclic) bond motifs is 2. The number of halogens is 3. The second-order valence-corrected chi connectivity index (χ2v) is 6.91. The predicted octanol–water partition coefficient (Wildman–Crippen LogP) is 4.75. The molecule has 0 bridgehead atoms. The number of carbonyl (C=O) groups excluding carboxylic acids is 1. The van der Waals surface area contributed by atoms with Gasteiger partial charge < -0.3 is 4.42 Å². The average molecular weight is 384 g/mol. The molecule has 0 saturated heterocycles. The minimum atomic E-state index is -4.52. The van der Waals surface area contributed by atoms with Gasteiger partial charge in [0.05, 0.1) is 23.6 Å². The fourth-order valence-electron chi connectivity index (χ4n) is 3.62. The number of nitrogens with zero attached hydrogens (tertiary/aromatic N) is 2. The first-order valence-corrected chi connectivity index (χ1v) is 8.84. The second-order valence-electron chi connectivity index (χ2n) is 6.91. The summed E-state index contributed by atoms with van der Waals surface area (Å²) in [5.41, 5.74) is 2.95. The van der Waals surface area contributed by atoms with Crippen molar-refractivity contribution in [2.45, 2.75) is 37.8 Å². The SMILES string of the molecule is N#C[C@@H](C(=O)Cc1coc2cc3c(cc12)CCC3)c1ccc(C(F)(F)F)cn1. The minimum absolute atomic E-state index is 0.00851. The maximum Gasteiger partial charge on any atom is 0.417 e. The molecule has 3 aromatic rings. The zero-order valence-corrected chi connectivity index (χ0v) is 14.7. The molecule has 1 aromatic carbocycles. The van der Waals surface area contributed by atoms with Gasteiger partial charge in [-0.05, 0) is 54.7 Å².